The molecule has 2 amide bonds. The van der Waals surface area contributed by atoms with E-state index in [1.807, 2.05) is 19.0 Å². The minimum absolute atomic E-state index is 0.0590. The molecule has 5 nitrogen and oxygen atoms in total. The van der Waals surface area contributed by atoms with Gasteiger partial charge in [-0.1, -0.05) is 18.2 Å². The summed E-state index contributed by atoms with van der Waals surface area (Å²) in [6.45, 7) is 2.09. The molecule has 130 valence electrons. The summed E-state index contributed by atoms with van der Waals surface area (Å²) in [6.07, 6.45) is 1.20. The fourth-order valence-corrected chi connectivity index (χ4v) is 3.54. The van der Waals surface area contributed by atoms with Crippen molar-refractivity contribution in [2.75, 3.05) is 33.7 Å². The molecular weight excluding hydrogens is 309 g/mol. The van der Waals surface area contributed by atoms with Crippen LogP contribution in [0.1, 0.15) is 18.4 Å². The number of carbonyl (C=O) groups is 2. The molecule has 6 heteroatoms. The average molecular weight is 333 g/mol. The van der Waals surface area contributed by atoms with Crippen molar-refractivity contribution in [3.05, 3.63) is 35.6 Å². The summed E-state index contributed by atoms with van der Waals surface area (Å²) >= 11 is 0. The fraction of sp³-hybridized carbons (Fsp3) is 0.556. The second kappa shape index (κ2) is 6.89. The molecule has 24 heavy (non-hydrogen) atoms. The Kier molecular flexibility index (Phi) is 4.85. The van der Waals surface area contributed by atoms with Crippen molar-refractivity contribution in [1.82, 2.24) is 14.7 Å². The van der Waals surface area contributed by atoms with Crippen molar-refractivity contribution >= 4 is 11.8 Å². The second-order valence-electron chi connectivity index (χ2n) is 6.96. The second-order valence-corrected chi connectivity index (χ2v) is 6.96. The van der Waals surface area contributed by atoms with Gasteiger partial charge in [0.15, 0.2) is 0 Å². The zero-order chi connectivity index (χ0) is 17.3. The predicted octanol–water partition coefficient (Wildman–Crippen LogP) is 1.34. The molecule has 0 saturated carbocycles. The normalized spacial score (nSPS) is 24.2. The summed E-state index contributed by atoms with van der Waals surface area (Å²) < 4.78 is 13.8. The minimum atomic E-state index is -0.312. The summed E-state index contributed by atoms with van der Waals surface area (Å²) in [5.41, 5.74) is 0.493. The summed E-state index contributed by atoms with van der Waals surface area (Å²) in [5.74, 6) is -0.623. The molecule has 0 aliphatic carbocycles. The van der Waals surface area contributed by atoms with E-state index in [9.17, 15) is 14.0 Å². The van der Waals surface area contributed by atoms with E-state index in [2.05, 4.69) is 4.90 Å². The molecule has 0 radical (unpaired) electrons. The first kappa shape index (κ1) is 16.9. The van der Waals surface area contributed by atoms with Gasteiger partial charge in [0, 0.05) is 44.2 Å². The Hall–Kier alpha value is -1.95. The Bertz CT molecular complexity index is 634. The summed E-state index contributed by atoms with van der Waals surface area (Å²) in [7, 11) is 4.04. The number of hydrogen-bond donors (Lipinski definition) is 0. The summed E-state index contributed by atoms with van der Waals surface area (Å²) in [5, 5.41) is 0. The highest BCUT2D eigenvalue weighted by Gasteiger charge is 2.38. The lowest BCUT2D eigenvalue weighted by atomic mass is 10.1. The standard InChI is InChI=1S/C18H24FN3O2/c1-20(2)15-7-8-21(12-15)18(24)14-9-17(23)22(11-14)10-13-5-3-4-6-16(13)19/h3-6,14-15H,7-12H2,1-2H3. The van der Waals surface area contributed by atoms with Gasteiger partial charge in [-0.3, -0.25) is 9.59 Å². The Morgan fingerprint density at radius 1 is 1.29 bits per heavy atom. The third-order valence-corrected chi connectivity index (χ3v) is 5.09. The van der Waals surface area contributed by atoms with Crippen molar-refractivity contribution in [2.24, 2.45) is 5.92 Å². The van der Waals surface area contributed by atoms with E-state index >= 15 is 0 Å². The number of halogens is 1. The predicted molar refractivity (Wildman–Crippen MR) is 88.6 cm³/mol. The van der Waals surface area contributed by atoms with Crippen LogP contribution in [0.25, 0.3) is 0 Å². The number of hydrogen-bond acceptors (Lipinski definition) is 3. The van der Waals surface area contributed by atoms with Crippen LogP contribution in [0, 0.1) is 11.7 Å². The van der Waals surface area contributed by atoms with Gasteiger partial charge in [-0.05, 0) is 26.6 Å². The molecule has 2 fully saturated rings. The molecule has 2 unspecified atom stereocenters. The van der Waals surface area contributed by atoms with Crippen LogP contribution in [-0.4, -0.2) is 66.3 Å². The van der Waals surface area contributed by atoms with Gasteiger partial charge in [-0.2, -0.15) is 0 Å². The lowest BCUT2D eigenvalue weighted by Crippen LogP contribution is -2.38. The van der Waals surface area contributed by atoms with Crippen LogP contribution in [0.15, 0.2) is 24.3 Å². The molecule has 0 bridgehead atoms. The van der Waals surface area contributed by atoms with Gasteiger partial charge in [0.25, 0.3) is 0 Å². The van der Waals surface area contributed by atoms with E-state index in [1.54, 1.807) is 23.1 Å². The van der Waals surface area contributed by atoms with E-state index in [0.717, 1.165) is 19.5 Å². The first-order chi connectivity index (χ1) is 11.5. The zero-order valence-corrected chi connectivity index (χ0v) is 14.2. The largest absolute Gasteiger partial charge is 0.341 e. The third-order valence-electron chi connectivity index (χ3n) is 5.09. The van der Waals surface area contributed by atoms with Gasteiger partial charge in [-0.15, -0.1) is 0 Å². The fourth-order valence-electron chi connectivity index (χ4n) is 3.54. The maximum absolute atomic E-state index is 13.8. The molecule has 0 N–H and O–H groups in total. The van der Waals surface area contributed by atoms with Gasteiger partial charge in [0.1, 0.15) is 5.82 Å². The average Bonchev–Trinajstić information content (AvgIpc) is 3.17. The summed E-state index contributed by atoms with van der Waals surface area (Å²) in [6, 6.07) is 6.85. The van der Waals surface area contributed by atoms with Crippen LogP contribution >= 0.6 is 0 Å². The maximum atomic E-state index is 13.8. The van der Waals surface area contributed by atoms with Crippen molar-refractivity contribution in [3.63, 3.8) is 0 Å². The molecule has 0 spiro atoms. The number of rotatable bonds is 4. The number of nitrogens with zero attached hydrogens (tertiary/aromatic N) is 3. The lowest BCUT2D eigenvalue weighted by Gasteiger charge is -2.23. The highest BCUT2D eigenvalue weighted by atomic mass is 19.1. The molecule has 2 aliphatic heterocycles. The highest BCUT2D eigenvalue weighted by Crippen LogP contribution is 2.25. The van der Waals surface area contributed by atoms with Crippen LogP contribution in [0.3, 0.4) is 0 Å². The molecule has 2 saturated heterocycles. The summed E-state index contributed by atoms with van der Waals surface area (Å²) in [4.78, 5) is 30.5. The quantitative estimate of drug-likeness (QED) is 0.835. The Morgan fingerprint density at radius 2 is 2.04 bits per heavy atom. The van der Waals surface area contributed by atoms with Crippen LogP contribution in [0.4, 0.5) is 4.39 Å². The van der Waals surface area contributed by atoms with Crippen molar-refractivity contribution < 1.29 is 14.0 Å². The number of benzene rings is 1. The van der Waals surface area contributed by atoms with E-state index < -0.39 is 0 Å². The van der Waals surface area contributed by atoms with Gasteiger partial charge in [0.05, 0.1) is 5.92 Å². The van der Waals surface area contributed by atoms with E-state index in [0.29, 0.717) is 18.2 Å². The Morgan fingerprint density at radius 3 is 2.71 bits per heavy atom. The lowest BCUT2D eigenvalue weighted by molar-refractivity contribution is -0.135. The minimum Gasteiger partial charge on any atom is -0.341 e. The number of amides is 2. The van der Waals surface area contributed by atoms with Crippen molar-refractivity contribution in [2.45, 2.75) is 25.4 Å². The molecule has 1 aromatic carbocycles. The van der Waals surface area contributed by atoms with Crippen LogP contribution in [0.2, 0.25) is 0 Å². The van der Waals surface area contributed by atoms with Crippen molar-refractivity contribution in [3.8, 4) is 0 Å². The molecule has 0 aromatic heterocycles. The van der Waals surface area contributed by atoms with Crippen molar-refractivity contribution in [1.29, 1.82) is 0 Å². The molecule has 2 aliphatic rings. The molecule has 3 rings (SSSR count). The van der Waals surface area contributed by atoms with Gasteiger partial charge in [-0.25, -0.2) is 4.39 Å². The Labute approximate surface area is 142 Å². The molecule has 2 atom stereocenters. The van der Waals surface area contributed by atoms with Gasteiger partial charge < -0.3 is 14.7 Å². The topological polar surface area (TPSA) is 43.9 Å². The number of carbonyl (C=O) groups excluding carboxylic acids is 2. The van der Waals surface area contributed by atoms with Crippen LogP contribution < -0.4 is 0 Å². The number of likely N-dealkylation sites (tertiary alicyclic amines) is 2. The maximum Gasteiger partial charge on any atom is 0.228 e. The zero-order valence-electron chi connectivity index (χ0n) is 14.2. The van der Waals surface area contributed by atoms with E-state index in [-0.39, 0.29) is 36.5 Å². The van der Waals surface area contributed by atoms with E-state index in [1.165, 1.54) is 6.07 Å². The van der Waals surface area contributed by atoms with Gasteiger partial charge >= 0.3 is 0 Å². The van der Waals surface area contributed by atoms with Crippen LogP contribution in [-0.2, 0) is 16.1 Å². The first-order valence-corrected chi connectivity index (χ1v) is 8.42. The Balaban J connectivity index is 1.60. The third kappa shape index (κ3) is 3.43. The monoisotopic (exact) mass is 333 g/mol. The molecular formula is C18H24FN3O2. The SMILES string of the molecule is CN(C)C1CCN(C(=O)C2CC(=O)N(Cc3ccccc3F)C2)C1. The van der Waals surface area contributed by atoms with Crippen LogP contribution in [0.5, 0.6) is 0 Å². The smallest absolute Gasteiger partial charge is 0.228 e. The number of likely N-dealkylation sites (N-methyl/N-ethyl adjacent to an activating group) is 1. The first-order valence-electron chi connectivity index (χ1n) is 8.42. The highest BCUT2D eigenvalue weighted by molar-refractivity contribution is 5.89. The van der Waals surface area contributed by atoms with E-state index in [4.69, 9.17) is 0 Å². The van der Waals surface area contributed by atoms with Gasteiger partial charge in [0.2, 0.25) is 11.8 Å². The molecule has 1 aromatic rings. The molecule has 2 heterocycles.